The van der Waals surface area contributed by atoms with Crippen molar-refractivity contribution in [2.24, 2.45) is 0 Å². The molecular weight excluding hydrogens is 527 g/mol. The summed E-state index contributed by atoms with van der Waals surface area (Å²) in [6, 6.07) is 32.9. The molecule has 0 fully saturated rings. The van der Waals surface area contributed by atoms with Crippen molar-refractivity contribution in [3.05, 3.63) is 119 Å². The van der Waals surface area contributed by atoms with E-state index in [1.165, 1.54) is 0 Å². The predicted molar refractivity (Wildman–Crippen MR) is 168 cm³/mol. The Kier molecular flexibility index (Phi) is 5.83. The summed E-state index contributed by atoms with van der Waals surface area (Å²) in [6.07, 6.45) is 0. The molecule has 0 aromatic heterocycles. The molecule has 1 heterocycles. The number of rotatable bonds is 2. The molecule has 6 aromatic carbocycles. The highest BCUT2D eigenvalue weighted by molar-refractivity contribution is 7.48. The van der Waals surface area contributed by atoms with Gasteiger partial charge in [-0.1, -0.05) is 107 Å². The minimum absolute atomic E-state index is 0.348. The van der Waals surface area contributed by atoms with Crippen molar-refractivity contribution in [2.75, 3.05) is 0 Å². The molecule has 1 aliphatic heterocycles. The van der Waals surface area contributed by atoms with E-state index >= 15 is 0 Å². The van der Waals surface area contributed by atoms with Crippen molar-refractivity contribution < 1.29 is 18.5 Å². The molecule has 0 atom stereocenters. The van der Waals surface area contributed by atoms with Crippen LogP contribution in [0.4, 0.5) is 0 Å². The normalized spacial score (nSPS) is 13.7. The molecule has 0 radical (unpaired) electrons. The van der Waals surface area contributed by atoms with Crippen molar-refractivity contribution in [1.29, 1.82) is 0 Å². The number of aryl methyl sites for hydroxylation is 4. The molecule has 6 aromatic rings. The fraction of sp³-hybridized carbons (Fsp3) is 0.111. The lowest BCUT2D eigenvalue weighted by atomic mass is 9.86. The van der Waals surface area contributed by atoms with Gasteiger partial charge in [-0.15, -0.1) is 0 Å². The van der Waals surface area contributed by atoms with Crippen LogP contribution in [0.1, 0.15) is 22.3 Å². The van der Waals surface area contributed by atoms with E-state index in [4.69, 9.17) is 9.05 Å². The molecule has 0 unspecified atom stereocenters. The first-order valence-electron chi connectivity index (χ1n) is 13.7. The highest BCUT2D eigenvalue weighted by Crippen LogP contribution is 2.61. The topological polar surface area (TPSA) is 55.8 Å². The molecule has 4 nitrogen and oxygen atoms in total. The summed E-state index contributed by atoms with van der Waals surface area (Å²) in [5.41, 5.74) is 9.23. The number of hydrogen-bond donors (Lipinski definition) is 1. The standard InChI is InChI=1S/C36H29O4P/c1-21-13-22(2)16-27(15-21)31-19-25-9-5-7-11-29(25)33-34-30-12-8-6-10-26(30)20-32(28-17-23(3)14-24(4)18-28)36(34)40-41(37,38)39-35(31)33/h5-20H,1-4H3,(H,37,38). The second-order valence-corrected chi connectivity index (χ2v) is 12.4. The number of phosphoric acid groups is 1. The van der Waals surface area contributed by atoms with Gasteiger partial charge in [0.2, 0.25) is 0 Å². The van der Waals surface area contributed by atoms with Gasteiger partial charge in [0.1, 0.15) is 11.5 Å². The molecule has 5 heteroatoms. The van der Waals surface area contributed by atoms with Gasteiger partial charge in [0.15, 0.2) is 0 Å². The smallest absolute Gasteiger partial charge is 0.394 e. The van der Waals surface area contributed by atoms with Gasteiger partial charge in [-0.05, 0) is 72.5 Å². The van der Waals surface area contributed by atoms with Crippen LogP contribution >= 0.6 is 7.82 Å². The summed E-state index contributed by atoms with van der Waals surface area (Å²) in [5, 5.41) is 3.85. The minimum atomic E-state index is -4.59. The van der Waals surface area contributed by atoms with E-state index < -0.39 is 7.82 Å². The Morgan fingerprint density at radius 2 is 0.902 bits per heavy atom. The van der Waals surface area contributed by atoms with E-state index in [1.807, 2.05) is 48.5 Å². The molecule has 0 amide bonds. The van der Waals surface area contributed by atoms with Crippen LogP contribution in [0.15, 0.2) is 97.1 Å². The summed E-state index contributed by atoms with van der Waals surface area (Å²) < 4.78 is 26.0. The lowest BCUT2D eigenvalue weighted by Gasteiger charge is -2.19. The highest BCUT2D eigenvalue weighted by atomic mass is 31.2. The van der Waals surface area contributed by atoms with Gasteiger partial charge in [0.05, 0.1) is 0 Å². The Bertz CT molecular complexity index is 1910. The first-order chi connectivity index (χ1) is 19.7. The average Bonchev–Trinajstić information content (AvgIpc) is 3.04. The Balaban J connectivity index is 1.71. The molecule has 0 aliphatic carbocycles. The summed E-state index contributed by atoms with van der Waals surface area (Å²) >= 11 is 0. The lowest BCUT2D eigenvalue weighted by molar-refractivity contribution is 0.295. The molecule has 1 aliphatic rings. The zero-order valence-electron chi connectivity index (χ0n) is 23.4. The van der Waals surface area contributed by atoms with Gasteiger partial charge in [-0.2, -0.15) is 0 Å². The van der Waals surface area contributed by atoms with Crippen molar-refractivity contribution in [3.8, 4) is 44.9 Å². The van der Waals surface area contributed by atoms with Crippen LogP contribution in [0.2, 0.25) is 0 Å². The van der Waals surface area contributed by atoms with Crippen LogP contribution in [0.5, 0.6) is 11.5 Å². The van der Waals surface area contributed by atoms with Crippen LogP contribution in [0.3, 0.4) is 0 Å². The third kappa shape index (κ3) is 4.41. The molecular formula is C36H29O4P. The van der Waals surface area contributed by atoms with E-state index in [9.17, 15) is 9.46 Å². The Morgan fingerprint density at radius 1 is 0.537 bits per heavy atom. The van der Waals surface area contributed by atoms with Crippen LogP contribution in [-0.2, 0) is 4.57 Å². The second-order valence-electron chi connectivity index (χ2n) is 11.1. The quantitative estimate of drug-likeness (QED) is 0.216. The number of phosphoric ester groups is 1. The third-order valence-electron chi connectivity index (χ3n) is 7.73. The number of fused-ring (bicyclic) bond motifs is 7. The van der Waals surface area contributed by atoms with E-state index in [2.05, 4.69) is 76.2 Å². The average molecular weight is 557 g/mol. The SMILES string of the molecule is Cc1cc(C)cc(-c2cc3ccccc3c3c2OP(=O)(O)Oc2c(-c4cc(C)cc(C)c4)cc4ccccc4c2-3)c1. The van der Waals surface area contributed by atoms with E-state index in [1.54, 1.807) is 0 Å². The van der Waals surface area contributed by atoms with Crippen LogP contribution < -0.4 is 9.05 Å². The maximum Gasteiger partial charge on any atom is 0.584 e. The minimum Gasteiger partial charge on any atom is -0.394 e. The zero-order valence-corrected chi connectivity index (χ0v) is 24.3. The molecule has 0 bridgehead atoms. The maximum atomic E-state index is 13.8. The third-order valence-corrected chi connectivity index (χ3v) is 8.56. The summed E-state index contributed by atoms with van der Waals surface area (Å²) in [6.45, 7) is 8.21. The van der Waals surface area contributed by atoms with Crippen molar-refractivity contribution in [2.45, 2.75) is 27.7 Å². The molecule has 7 rings (SSSR count). The predicted octanol–water partition coefficient (Wildman–Crippen LogP) is 10.1. The highest BCUT2D eigenvalue weighted by Gasteiger charge is 2.37. The van der Waals surface area contributed by atoms with Crippen LogP contribution in [0.25, 0.3) is 54.9 Å². The molecule has 0 spiro atoms. The fourth-order valence-electron chi connectivity index (χ4n) is 6.28. The molecule has 1 N–H and O–H groups in total. The number of benzene rings is 6. The van der Waals surface area contributed by atoms with Gasteiger partial charge < -0.3 is 9.05 Å². The lowest BCUT2D eigenvalue weighted by Crippen LogP contribution is -2.00. The monoisotopic (exact) mass is 556 g/mol. The molecule has 0 saturated heterocycles. The Hall–Kier alpha value is -4.37. The van der Waals surface area contributed by atoms with Gasteiger partial charge in [-0.25, -0.2) is 4.57 Å². The van der Waals surface area contributed by atoms with E-state index in [0.717, 1.165) is 77.2 Å². The van der Waals surface area contributed by atoms with Crippen molar-refractivity contribution in [3.63, 3.8) is 0 Å². The molecule has 0 saturated carbocycles. The van der Waals surface area contributed by atoms with Gasteiger partial charge in [0, 0.05) is 22.3 Å². The largest absolute Gasteiger partial charge is 0.584 e. The summed E-state index contributed by atoms with van der Waals surface area (Å²) in [7, 11) is -4.59. The van der Waals surface area contributed by atoms with Crippen molar-refractivity contribution in [1.82, 2.24) is 0 Å². The fourth-order valence-corrected chi connectivity index (χ4v) is 7.16. The molecule has 202 valence electrons. The maximum absolute atomic E-state index is 13.8. The zero-order chi connectivity index (χ0) is 28.5. The first-order valence-corrected chi connectivity index (χ1v) is 15.2. The van der Waals surface area contributed by atoms with Gasteiger partial charge in [0.25, 0.3) is 0 Å². The van der Waals surface area contributed by atoms with Gasteiger partial charge in [-0.3, -0.25) is 4.89 Å². The van der Waals surface area contributed by atoms with Crippen LogP contribution in [0, 0.1) is 27.7 Å². The van der Waals surface area contributed by atoms with Gasteiger partial charge >= 0.3 is 7.82 Å². The Morgan fingerprint density at radius 3 is 1.29 bits per heavy atom. The second kappa shape index (κ2) is 9.34. The number of hydrogen-bond acceptors (Lipinski definition) is 3. The Labute approximate surface area is 239 Å². The van der Waals surface area contributed by atoms with E-state index in [0.29, 0.717) is 11.5 Å². The summed E-state index contributed by atoms with van der Waals surface area (Å²) in [5.74, 6) is 0.696. The van der Waals surface area contributed by atoms with Crippen molar-refractivity contribution >= 4 is 29.4 Å². The molecule has 41 heavy (non-hydrogen) atoms. The van der Waals surface area contributed by atoms with Crippen LogP contribution in [-0.4, -0.2) is 4.89 Å². The first kappa shape index (κ1) is 25.6. The summed E-state index contributed by atoms with van der Waals surface area (Å²) in [4.78, 5) is 11.3. The van der Waals surface area contributed by atoms with E-state index in [-0.39, 0.29) is 0 Å².